The second-order valence-electron chi connectivity index (χ2n) is 4.76. The van der Waals surface area contributed by atoms with Gasteiger partial charge in [-0.25, -0.2) is 4.39 Å². The lowest BCUT2D eigenvalue weighted by atomic mass is 10.0. The zero-order valence-corrected chi connectivity index (χ0v) is 11.8. The van der Waals surface area contributed by atoms with Crippen LogP contribution in [0.15, 0.2) is 42.5 Å². The van der Waals surface area contributed by atoms with E-state index in [1.807, 2.05) is 37.3 Å². The van der Waals surface area contributed by atoms with Gasteiger partial charge < -0.3 is 10.5 Å². The number of halogens is 1. The molecule has 2 N–H and O–H groups in total. The van der Waals surface area contributed by atoms with Crippen LogP contribution in [0.25, 0.3) is 0 Å². The van der Waals surface area contributed by atoms with Crippen LogP contribution in [0.4, 0.5) is 4.39 Å². The average molecular weight is 284 g/mol. The Hall–Kier alpha value is -2.38. The van der Waals surface area contributed by atoms with Gasteiger partial charge in [-0.1, -0.05) is 25.1 Å². The summed E-state index contributed by atoms with van der Waals surface area (Å²) in [4.78, 5) is 0. The first-order valence-corrected chi connectivity index (χ1v) is 6.81. The molecule has 2 aromatic rings. The van der Waals surface area contributed by atoms with Gasteiger partial charge in [-0.2, -0.15) is 5.26 Å². The minimum atomic E-state index is -0.383. The molecule has 0 aliphatic heterocycles. The maximum absolute atomic E-state index is 13.7. The first-order valence-electron chi connectivity index (χ1n) is 6.81. The first-order chi connectivity index (χ1) is 10.2. The van der Waals surface area contributed by atoms with Gasteiger partial charge in [0.2, 0.25) is 0 Å². The van der Waals surface area contributed by atoms with Crippen molar-refractivity contribution in [2.75, 3.05) is 0 Å². The normalized spacial score (nSPS) is 11.7. The highest BCUT2D eigenvalue weighted by molar-refractivity contribution is 5.37. The predicted molar refractivity (Wildman–Crippen MR) is 79.1 cm³/mol. The molecule has 0 saturated heterocycles. The largest absolute Gasteiger partial charge is 0.488 e. The van der Waals surface area contributed by atoms with Gasteiger partial charge >= 0.3 is 0 Å². The smallest absolute Gasteiger partial charge is 0.129 e. The first kappa shape index (κ1) is 15.0. The maximum atomic E-state index is 13.7. The molecule has 0 heterocycles. The van der Waals surface area contributed by atoms with Crippen molar-refractivity contribution in [1.29, 1.82) is 5.26 Å². The number of rotatable bonds is 5. The van der Waals surface area contributed by atoms with Crippen LogP contribution in [0.3, 0.4) is 0 Å². The molecule has 2 rings (SSSR count). The Balaban J connectivity index is 2.19. The van der Waals surface area contributed by atoms with E-state index < -0.39 is 0 Å². The van der Waals surface area contributed by atoms with E-state index in [0.717, 1.165) is 12.0 Å². The zero-order chi connectivity index (χ0) is 15.2. The van der Waals surface area contributed by atoms with E-state index in [1.54, 1.807) is 0 Å². The number of hydrogen-bond donors (Lipinski definition) is 1. The van der Waals surface area contributed by atoms with Crippen molar-refractivity contribution < 1.29 is 9.13 Å². The van der Waals surface area contributed by atoms with Gasteiger partial charge in [0.1, 0.15) is 18.2 Å². The quantitative estimate of drug-likeness (QED) is 0.911. The van der Waals surface area contributed by atoms with Gasteiger partial charge in [-0.15, -0.1) is 0 Å². The second kappa shape index (κ2) is 6.87. The molecule has 0 bridgehead atoms. The van der Waals surface area contributed by atoms with E-state index in [4.69, 9.17) is 15.7 Å². The topological polar surface area (TPSA) is 59.0 Å². The molecule has 3 nitrogen and oxygen atoms in total. The molecule has 1 atom stereocenters. The van der Waals surface area contributed by atoms with E-state index in [2.05, 4.69) is 0 Å². The summed E-state index contributed by atoms with van der Waals surface area (Å²) in [6.07, 6.45) is 0.790. The third kappa shape index (κ3) is 3.59. The SMILES string of the molecule is CC[C@H](N)c1ccccc1OCc1cc(C#N)ccc1F. The highest BCUT2D eigenvalue weighted by atomic mass is 19.1. The van der Waals surface area contributed by atoms with Crippen molar-refractivity contribution >= 4 is 0 Å². The molecule has 0 radical (unpaired) electrons. The fourth-order valence-corrected chi connectivity index (χ4v) is 2.05. The number of nitrogens with two attached hydrogens (primary N) is 1. The summed E-state index contributed by atoms with van der Waals surface area (Å²) in [5.74, 6) is 0.264. The zero-order valence-electron chi connectivity index (χ0n) is 11.8. The summed E-state index contributed by atoms with van der Waals surface area (Å²) in [6.45, 7) is 2.06. The third-order valence-corrected chi connectivity index (χ3v) is 3.32. The summed E-state index contributed by atoms with van der Waals surface area (Å²) in [5, 5.41) is 8.86. The van der Waals surface area contributed by atoms with Gasteiger partial charge in [0, 0.05) is 17.2 Å². The molecule has 0 unspecified atom stereocenters. The molecular formula is C17H17FN2O. The van der Waals surface area contributed by atoms with E-state index in [1.165, 1.54) is 18.2 Å². The lowest BCUT2D eigenvalue weighted by Gasteiger charge is -2.16. The van der Waals surface area contributed by atoms with Gasteiger partial charge in [-0.3, -0.25) is 0 Å². The monoisotopic (exact) mass is 284 g/mol. The molecule has 0 spiro atoms. The number of nitrogens with zero attached hydrogens (tertiary/aromatic N) is 1. The van der Waals surface area contributed by atoms with Crippen LogP contribution < -0.4 is 10.5 Å². The van der Waals surface area contributed by atoms with E-state index in [-0.39, 0.29) is 18.5 Å². The van der Waals surface area contributed by atoms with Crippen LogP contribution in [0.1, 0.15) is 36.1 Å². The van der Waals surface area contributed by atoms with Crippen LogP contribution in [-0.4, -0.2) is 0 Å². The fourth-order valence-electron chi connectivity index (χ4n) is 2.05. The van der Waals surface area contributed by atoms with Crippen LogP contribution in [0, 0.1) is 17.1 Å². The predicted octanol–water partition coefficient (Wildman–Crippen LogP) is 3.69. The molecule has 0 saturated carbocycles. The van der Waals surface area contributed by atoms with Crippen molar-refractivity contribution in [3.8, 4) is 11.8 Å². The Kier molecular flexibility index (Phi) is 4.91. The van der Waals surface area contributed by atoms with Crippen LogP contribution >= 0.6 is 0 Å². The maximum Gasteiger partial charge on any atom is 0.129 e. The lowest BCUT2D eigenvalue weighted by molar-refractivity contribution is 0.294. The number of hydrogen-bond acceptors (Lipinski definition) is 3. The standard InChI is InChI=1S/C17H17FN2O/c1-2-16(20)14-5-3-4-6-17(14)21-11-13-9-12(10-19)7-8-15(13)18/h3-9,16H,2,11,20H2,1H3/t16-/m0/s1. The molecule has 0 aliphatic rings. The van der Waals surface area contributed by atoms with Crippen molar-refractivity contribution in [1.82, 2.24) is 0 Å². The lowest BCUT2D eigenvalue weighted by Crippen LogP contribution is -2.11. The van der Waals surface area contributed by atoms with Crippen LogP contribution in [-0.2, 0) is 6.61 Å². The molecule has 0 aliphatic carbocycles. The Morgan fingerprint density at radius 2 is 2.05 bits per heavy atom. The Morgan fingerprint density at radius 1 is 1.29 bits per heavy atom. The minimum absolute atomic E-state index is 0.0643. The Labute approximate surface area is 123 Å². The molecule has 21 heavy (non-hydrogen) atoms. The van der Waals surface area contributed by atoms with Crippen molar-refractivity contribution in [2.45, 2.75) is 26.0 Å². The van der Waals surface area contributed by atoms with E-state index in [9.17, 15) is 4.39 Å². The fraction of sp³-hybridized carbons (Fsp3) is 0.235. The van der Waals surface area contributed by atoms with Crippen LogP contribution in [0.5, 0.6) is 5.75 Å². The number of para-hydroxylation sites is 1. The molecule has 0 aromatic heterocycles. The summed E-state index contributed by atoms with van der Waals surface area (Å²) in [6, 6.07) is 13.6. The Bertz CT molecular complexity index is 664. The summed E-state index contributed by atoms with van der Waals surface area (Å²) in [7, 11) is 0. The Morgan fingerprint density at radius 3 is 2.76 bits per heavy atom. The van der Waals surface area contributed by atoms with Gasteiger partial charge in [0.15, 0.2) is 0 Å². The molecule has 108 valence electrons. The van der Waals surface area contributed by atoms with Crippen LogP contribution in [0.2, 0.25) is 0 Å². The average Bonchev–Trinajstić information content (AvgIpc) is 2.53. The number of benzene rings is 2. The van der Waals surface area contributed by atoms with Gasteiger partial charge in [0.25, 0.3) is 0 Å². The van der Waals surface area contributed by atoms with Gasteiger partial charge in [-0.05, 0) is 30.7 Å². The molecule has 4 heteroatoms. The highest BCUT2D eigenvalue weighted by Gasteiger charge is 2.11. The van der Waals surface area contributed by atoms with E-state index in [0.29, 0.717) is 16.9 Å². The summed E-state index contributed by atoms with van der Waals surface area (Å²) in [5.41, 5.74) is 7.71. The second-order valence-corrected chi connectivity index (χ2v) is 4.76. The van der Waals surface area contributed by atoms with E-state index >= 15 is 0 Å². The third-order valence-electron chi connectivity index (χ3n) is 3.32. The van der Waals surface area contributed by atoms with Crippen molar-refractivity contribution in [3.63, 3.8) is 0 Å². The minimum Gasteiger partial charge on any atom is -0.488 e. The van der Waals surface area contributed by atoms with Crippen molar-refractivity contribution in [3.05, 3.63) is 65.0 Å². The molecule has 2 aromatic carbocycles. The molecular weight excluding hydrogens is 267 g/mol. The summed E-state index contributed by atoms with van der Waals surface area (Å²) < 4.78 is 19.4. The van der Waals surface area contributed by atoms with Gasteiger partial charge in [0.05, 0.1) is 11.6 Å². The number of ether oxygens (including phenoxy) is 1. The van der Waals surface area contributed by atoms with Crippen molar-refractivity contribution in [2.24, 2.45) is 5.73 Å². The highest BCUT2D eigenvalue weighted by Crippen LogP contribution is 2.26. The molecule has 0 amide bonds. The number of nitriles is 1. The summed E-state index contributed by atoms with van der Waals surface area (Å²) >= 11 is 0. The molecule has 0 fully saturated rings.